The highest BCUT2D eigenvalue weighted by Gasteiger charge is 2.18. The summed E-state index contributed by atoms with van der Waals surface area (Å²) in [6.07, 6.45) is 8.70. The zero-order valence-electron chi connectivity index (χ0n) is 18.3. The molecule has 34 heavy (non-hydrogen) atoms. The van der Waals surface area contributed by atoms with Crippen molar-refractivity contribution in [3.05, 3.63) is 96.9 Å². The third kappa shape index (κ3) is 4.22. The fraction of sp³-hybridized carbons (Fsp3) is 0.0400. The van der Waals surface area contributed by atoms with Gasteiger partial charge in [-0.2, -0.15) is 5.10 Å². The molecule has 9 nitrogen and oxygen atoms in total. The van der Waals surface area contributed by atoms with E-state index in [0.717, 1.165) is 39.1 Å². The monoisotopic (exact) mass is 449 g/mol. The third-order valence-electron chi connectivity index (χ3n) is 5.42. The van der Waals surface area contributed by atoms with Gasteiger partial charge in [-0.05, 0) is 48.2 Å². The number of benzene rings is 2. The van der Waals surface area contributed by atoms with Crippen molar-refractivity contribution in [2.24, 2.45) is 16.5 Å². The molecule has 0 saturated heterocycles. The van der Waals surface area contributed by atoms with Crippen LogP contribution in [0.2, 0.25) is 0 Å². The Labute approximate surface area is 196 Å². The molecule has 9 heteroatoms. The molecule has 0 saturated carbocycles. The summed E-state index contributed by atoms with van der Waals surface area (Å²) in [7, 11) is 0. The number of nitrogens with two attached hydrogens (primary N) is 2. The van der Waals surface area contributed by atoms with Gasteiger partial charge in [-0.1, -0.05) is 18.7 Å². The van der Waals surface area contributed by atoms with E-state index in [1.807, 2.05) is 42.5 Å². The molecule has 0 aliphatic carbocycles. The summed E-state index contributed by atoms with van der Waals surface area (Å²) in [5.74, 6) is 1.31. The Morgan fingerprint density at radius 1 is 1.12 bits per heavy atom. The number of allylic oxidation sites excluding steroid dienone is 2. The van der Waals surface area contributed by atoms with Crippen LogP contribution < -0.4 is 22.1 Å². The molecule has 0 unspecified atom stereocenters. The lowest BCUT2D eigenvalue weighted by Crippen LogP contribution is -2.19. The summed E-state index contributed by atoms with van der Waals surface area (Å²) in [4.78, 5) is 13.9. The van der Waals surface area contributed by atoms with E-state index in [2.05, 4.69) is 32.4 Å². The van der Waals surface area contributed by atoms with Crippen molar-refractivity contribution in [2.45, 2.75) is 6.42 Å². The molecule has 168 valence electrons. The Hall–Kier alpha value is -4.92. The van der Waals surface area contributed by atoms with Crippen molar-refractivity contribution in [2.75, 3.05) is 5.32 Å². The SMILES string of the molecule is C=C(NC(/C=C\N)=C/N)C1=Nc2cc(-c3nccc(Nc4ccc5[nH]ncc5c4)n3)ccc2C1. The summed E-state index contributed by atoms with van der Waals surface area (Å²) in [6, 6.07) is 13.8. The van der Waals surface area contributed by atoms with Gasteiger partial charge in [0.1, 0.15) is 5.82 Å². The average Bonchev–Trinajstić information content (AvgIpc) is 3.50. The number of nitrogens with zero attached hydrogens (tertiary/aromatic N) is 4. The molecule has 0 spiro atoms. The smallest absolute Gasteiger partial charge is 0.161 e. The van der Waals surface area contributed by atoms with E-state index >= 15 is 0 Å². The highest BCUT2D eigenvalue weighted by atomic mass is 15.1. The quantitative estimate of drug-likeness (QED) is 0.270. The van der Waals surface area contributed by atoms with Crippen molar-refractivity contribution >= 4 is 33.8 Å². The largest absolute Gasteiger partial charge is 0.405 e. The number of hydrogen-bond donors (Lipinski definition) is 5. The van der Waals surface area contributed by atoms with Gasteiger partial charge in [0, 0.05) is 35.5 Å². The first kappa shape index (κ1) is 21.0. The van der Waals surface area contributed by atoms with Crippen LogP contribution in [0.15, 0.2) is 96.3 Å². The molecular formula is C25H23N9. The number of aromatic nitrogens is 4. The van der Waals surface area contributed by atoms with Gasteiger partial charge >= 0.3 is 0 Å². The van der Waals surface area contributed by atoms with Crippen LogP contribution in [0.4, 0.5) is 17.2 Å². The minimum atomic E-state index is 0.610. The summed E-state index contributed by atoms with van der Waals surface area (Å²) in [5, 5.41) is 14.5. The zero-order chi connectivity index (χ0) is 23.5. The molecule has 1 aliphatic rings. The standard InChI is InChI=1S/C25H23N9/c1-15(30-20(13-27)6-8-26)22-11-16-2-3-17(12-23(16)32-22)25-28-9-7-24(33-25)31-19-4-5-21-18(10-19)14-29-34-21/h2-10,12-14,30H,1,11,26-27H2,(H,29,34)(H,28,31,33)/b8-6-,20-13+. The average molecular weight is 450 g/mol. The first-order valence-corrected chi connectivity index (χ1v) is 10.6. The maximum atomic E-state index is 5.62. The lowest BCUT2D eigenvalue weighted by Gasteiger charge is -2.09. The highest BCUT2D eigenvalue weighted by molar-refractivity contribution is 6.05. The van der Waals surface area contributed by atoms with E-state index in [0.29, 0.717) is 29.5 Å². The van der Waals surface area contributed by atoms with Crippen molar-refractivity contribution < 1.29 is 0 Å². The molecular weight excluding hydrogens is 426 g/mol. The molecule has 1 aliphatic heterocycles. The Morgan fingerprint density at radius 2 is 2.03 bits per heavy atom. The van der Waals surface area contributed by atoms with Crippen molar-refractivity contribution in [3.8, 4) is 11.4 Å². The van der Waals surface area contributed by atoms with E-state index in [-0.39, 0.29) is 0 Å². The maximum absolute atomic E-state index is 5.62. The van der Waals surface area contributed by atoms with Crippen LogP contribution in [-0.2, 0) is 6.42 Å². The van der Waals surface area contributed by atoms with Crippen LogP contribution in [0, 0.1) is 0 Å². The van der Waals surface area contributed by atoms with Crippen molar-refractivity contribution in [1.82, 2.24) is 25.5 Å². The molecule has 0 bridgehead atoms. The van der Waals surface area contributed by atoms with Crippen molar-refractivity contribution in [3.63, 3.8) is 0 Å². The minimum absolute atomic E-state index is 0.610. The lowest BCUT2D eigenvalue weighted by molar-refractivity contribution is 1.05. The highest BCUT2D eigenvalue weighted by Crippen LogP contribution is 2.32. The van der Waals surface area contributed by atoms with Gasteiger partial charge in [-0.3, -0.25) is 10.1 Å². The number of anilines is 2. The number of rotatable bonds is 7. The minimum Gasteiger partial charge on any atom is -0.405 e. The van der Waals surface area contributed by atoms with Gasteiger partial charge in [0.2, 0.25) is 0 Å². The number of aliphatic imine (C=N–C) groups is 1. The van der Waals surface area contributed by atoms with Gasteiger partial charge in [0.25, 0.3) is 0 Å². The number of nitrogens with one attached hydrogen (secondary N) is 3. The summed E-state index contributed by atoms with van der Waals surface area (Å²) < 4.78 is 0. The molecule has 0 radical (unpaired) electrons. The Balaban J connectivity index is 1.36. The number of aromatic amines is 1. The molecule has 7 N–H and O–H groups in total. The Bertz CT molecular complexity index is 1480. The van der Waals surface area contributed by atoms with Crippen LogP contribution in [0.1, 0.15) is 5.56 Å². The van der Waals surface area contributed by atoms with E-state index in [1.54, 1.807) is 18.5 Å². The summed E-state index contributed by atoms with van der Waals surface area (Å²) in [6.45, 7) is 4.09. The molecule has 0 amide bonds. The molecule has 5 rings (SSSR count). The first-order valence-electron chi connectivity index (χ1n) is 10.6. The second-order valence-electron chi connectivity index (χ2n) is 7.73. The van der Waals surface area contributed by atoms with Crippen molar-refractivity contribution in [1.29, 1.82) is 0 Å². The Kier molecular flexibility index (Phi) is 5.49. The topological polar surface area (TPSA) is 143 Å². The number of fused-ring (bicyclic) bond motifs is 2. The Morgan fingerprint density at radius 3 is 2.88 bits per heavy atom. The van der Waals surface area contributed by atoms with E-state index in [1.165, 1.54) is 12.4 Å². The van der Waals surface area contributed by atoms with Gasteiger partial charge in [0.15, 0.2) is 5.82 Å². The lowest BCUT2D eigenvalue weighted by atomic mass is 10.1. The number of hydrogen-bond acceptors (Lipinski definition) is 8. The van der Waals surface area contributed by atoms with Gasteiger partial charge in [-0.25, -0.2) is 9.97 Å². The summed E-state index contributed by atoms with van der Waals surface area (Å²) >= 11 is 0. The summed E-state index contributed by atoms with van der Waals surface area (Å²) in [5.41, 5.74) is 18.0. The molecule has 2 aromatic heterocycles. The second kappa shape index (κ2) is 8.91. The molecule has 2 aromatic carbocycles. The molecule has 3 heterocycles. The number of H-pyrrole nitrogens is 1. The molecule has 4 aromatic rings. The van der Waals surface area contributed by atoms with Gasteiger partial charge < -0.3 is 22.1 Å². The normalized spacial score (nSPS) is 13.2. The van der Waals surface area contributed by atoms with Gasteiger partial charge in [-0.15, -0.1) is 0 Å². The first-order chi connectivity index (χ1) is 16.6. The predicted octanol–water partition coefficient (Wildman–Crippen LogP) is 3.77. The predicted molar refractivity (Wildman–Crippen MR) is 136 cm³/mol. The zero-order valence-corrected chi connectivity index (χ0v) is 18.3. The van der Waals surface area contributed by atoms with E-state index < -0.39 is 0 Å². The van der Waals surface area contributed by atoms with E-state index in [9.17, 15) is 0 Å². The van der Waals surface area contributed by atoms with Crippen LogP contribution in [0.25, 0.3) is 22.3 Å². The van der Waals surface area contributed by atoms with Crippen LogP contribution >= 0.6 is 0 Å². The molecule has 0 atom stereocenters. The van der Waals surface area contributed by atoms with Crippen LogP contribution in [0.3, 0.4) is 0 Å². The van der Waals surface area contributed by atoms with Gasteiger partial charge in [0.05, 0.1) is 34.5 Å². The fourth-order valence-corrected chi connectivity index (χ4v) is 3.72. The second-order valence-corrected chi connectivity index (χ2v) is 7.73. The third-order valence-corrected chi connectivity index (χ3v) is 5.42. The fourth-order valence-electron chi connectivity index (χ4n) is 3.72. The maximum Gasteiger partial charge on any atom is 0.161 e. The molecule has 0 fully saturated rings. The van der Waals surface area contributed by atoms with E-state index in [4.69, 9.17) is 21.4 Å². The van der Waals surface area contributed by atoms with Crippen LogP contribution in [-0.4, -0.2) is 25.9 Å². The van der Waals surface area contributed by atoms with Crippen LogP contribution in [0.5, 0.6) is 0 Å².